The number of aromatic hydroxyl groups is 1. The van der Waals surface area contributed by atoms with Crippen molar-refractivity contribution in [3.8, 4) is 11.5 Å². The summed E-state index contributed by atoms with van der Waals surface area (Å²) in [6, 6.07) is 1.15. The minimum Gasteiger partial charge on any atom is -0.502 e. The number of benzene rings is 1. The average molecular weight is 300 g/mol. The Morgan fingerprint density at radius 3 is 2.58 bits per heavy atom. The molecule has 12 heavy (non-hydrogen) atoms. The summed E-state index contributed by atoms with van der Waals surface area (Å²) in [5.41, 5.74) is 0. The number of methoxy groups -OCH3 is 1. The quantitative estimate of drug-likeness (QED) is 0.808. The van der Waals surface area contributed by atoms with Crippen LogP contribution in [0, 0.1) is 5.82 Å². The lowest BCUT2D eigenvalue weighted by Crippen LogP contribution is -1.89. The van der Waals surface area contributed by atoms with Gasteiger partial charge in [-0.15, -0.1) is 0 Å². The number of phenolic OH excluding ortho intramolecular Hbond substituents is 1. The van der Waals surface area contributed by atoms with Crippen molar-refractivity contribution in [2.45, 2.75) is 0 Å². The number of hydrogen-bond acceptors (Lipinski definition) is 2. The van der Waals surface area contributed by atoms with Crippen LogP contribution in [0.5, 0.6) is 11.5 Å². The first-order valence-corrected chi connectivity index (χ1v) is 4.57. The molecule has 0 heterocycles. The lowest BCUT2D eigenvalue weighted by Gasteiger charge is -2.07. The molecule has 0 bridgehead atoms. The molecule has 0 saturated carbocycles. The zero-order chi connectivity index (χ0) is 9.30. The highest BCUT2D eigenvalue weighted by Crippen LogP contribution is 2.41. The van der Waals surface area contributed by atoms with Crippen molar-refractivity contribution >= 4 is 31.9 Å². The molecule has 1 aromatic carbocycles. The number of halogens is 3. The Kier molecular flexibility index (Phi) is 2.95. The molecule has 1 N–H and O–H groups in total. The van der Waals surface area contributed by atoms with E-state index in [0.717, 1.165) is 6.07 Å². The van der Waals surface area contributed by atoms with E-state index in [1.807, 2.05) is 0 Å². The van der Waals surface area contributed by atoms with E-state index in [2.05, 4.69) is 31.9 Å². The van der Waals surface area contributed by atoms with E-state index in [-0.39, 0.29) is 5.75 Å². The molecule has 0 aliphatic heterocycles. The molecule has 0 aromatic heterocycles. The van der Waals surface area contributed by atoms with Crippen LogP contribution >= 0.6 is 31.9 Å². The van der Waals surface area contributed by atoms with Crippen LogP contribution in [0.1, 0.15) is 0 Å². The molecule has 0 radical (unpaired) electrons. The highest BCUT2D eigenvalue weighted by atomic mass is 79.9. The largest absolute Gasteiger partial charge is 0.502 e. The molecule has 0 saturated heterocycles. The van der Waals surface area contributed by atoms with Crippen LogP contribution in [0.4, 0.5) is 4.39 Å². The maximum Gasteiger partial charge on any atom is 0.195 e. The van der Waals surface area contributed by atoms with Gasteiger partial charge in [-0.2, -0.15) is 0 Å². The van der Waals surface area contributed by atoms with Gasteiger partial charge in [-0.1, -0.05) is 0 Å². The maximum absolute atomic E-state index is 12.8. The van der Waals surface area contributed by atoms with Crippen LogP contribution < -0.4 is 4.74 Å². The van der Waals surface area contributed by atoms with E-state index in [9.17, 15) is 4.39 Å². The van der Waals surface area contributed by atoms with Crippen molar-refractivity contribution in [2.24, 2.45) is 0 Å². The van der Waals surface area contributed by atoms with Crippen LogP contribution in [0.3, 0.4) is 0 Å². The Morgan fingerprint density at radius 2 is 2.08 bits per heavy atom. The molecule has 2 nitrogen and oxygen atoms in total. The van der Waals surface area contributed by atoms with Gasteiger partial charge < -0.3 is 9.84 Å². The molecule has 0 aliphatic rings. The van der Waals surface area contributed by atoms with Gasteiger partial charge in [-0.05, 0) is 37.9 Å². The lowest BCUT2D eigenvalue weighted by molar-refractivity contribution is 0.354. The van der Waals surface area contributed by atoms with Crippen molar-refractivity contribution < 1.29 is 14.2 Å². The summed E-state index contributed by atoms with van der Waals surface area (Å²) in [5.74, 6) is -1.13. The summed E-state index contributed by atoms with van der Waals surface area (Å²) >= 11 is 6.22. The minimum absolute atomic E-state index is 0.0851. The van der Waals surface area contributed by atoms with Gasteiger partial charge >= 0.3 is 0 Å². The lowest BCUT2D eigenvalue weighted by atomic mass is 10.3. The third-order valence-electron chi connectivity index (χ3n) is 1.31. The smallest absolute Gasteiger partial charge is 0.195 e. The third kappa shape index (κ3) is 1.56. The van der Waals surface area contributed by atoms with Gasteiger partial charge in [0.15, 0.2) is 17.3 Å². The van der Waals surface area contributed by atoms with E-state index >= 15 is 0 Å². The van der Waals surface area contributed by atoms with Gasteiger partial charge in [0.2, 0.25) is 0 Å². The zero-order valence-electron chi connectivity index (χ0n) is 6.07. The number of phenols is 1. The topological polar surface area (TPSA) is 29.5 Å². The van der Waals surface area contributed by atoms with Gasteiger partial charge in [0.05, 0.1) is 11.6 Å². The fraction of sp³-hybridized carbons (Fsp3) is 0.143. The summed E-state index contributed by atoms with van der Waals surface area (Å²) in [6.07, 6.45) is 0. The van der Waals surface area contributed by atoms with Gasteiger partial charge in [-0.25, -0.2) is 4.39 Å². The Labute approximate surface area is 85.6 Å². The highest BCUT2D eigenvalue weighted by molar-refractivity contribution is 9.13. The molecular formula is C7H5Br2FO2. The average Bonchev–Trinajstić information content (AvgIpc) is 2.02. The van der Waals surface area contributed by atoms with Crippen molar-refractivity contribution in [3.63, 3.8) is 0 Å². The summed E-state index contributed by atoms with van der Waals surface area (Å²) in [5, 5.41) is 9.15. The van der Waals surface area contributed by atoms with E-state index < -0.39 is 11.6 Å². The van der Waals surface area contributed by atoms with E-state index in [0.29, 0.717) is 8.95 Å². The Morgan fingerprint density at radius 1 is 1.50 bits per heavy atom. The molecule has 0 aliphatic carbocycles. The number of hydrogen-bond donors (Lipinski definition) is 1. The van der Waals surface area contributed by atoms with Crippen LogP contribution in [-0.2, 0) is 0 Å². The van der Waals surface area contributed by atoms with Crippen molar-refractivity contribution in [3.05, 3.63) is 20.8 Å². The Bertz CT molecular complexity index is 289. The van der Waals surface area contributed by atoms with Crippen LogP contribution in [0.15, 0.2) is 15.0 Å². The van der Waals surface area contributed by atoms with Gasteiger partial charge in [0.1, 0.15) is 0 Å². The van der Waals surface area contributed by atoms with E-state index in [4.69, 9.17) is 9.84 Å². The standard InChI is InChI=1S/C7H5Br2FO2/c1-12-7-5(9)3(8)2-4(10)6(7)11/h2,11H,1H3. The second-order valence-corrected chi connectivity index (χ2v) is 3.68. The van der Waals surface area contributed by atoms with E-state index in [1.165, 1.54) is 7.11 Å². The monoisotopic (exact) mass is 298 g/mol. The third-order valence-corrected chi connectivity index (χ3v) is 3.25. The molecule has 0 fully saturated rings. The van der Waals surface area contributed by atoms with Crippen LogP contribution in [0.25, 0.3) is 0 Å². The molecule has 1 rings (SSSR count). The predicted molar refractivity (Wildman–Crippen MR) is 50.0 cm³/mol. The second kappa shape index (κ2) is 3.62. The SMILES string of the molecule is COc1c(O)c(F)cc(Br)c1Br. The summed E-state index contributed by atoms with van der Waals surface area (Å²) in [6.45, 7) is 0. The minimum atomic E-state index is -0.720. The molecule has 1 aromatic rings. The fourth-order valence-corrected chi connectivity index (χ4v) is 1.60. The zero-order valence-corrected chi connectivity index (χ0v) is 9.24. The van der Waals surface area contributed by atoms with Crippen molar-refractivity contribution in [2.75, 3.05) is 7.11 Å². The second-order valence-electron chi connectivity index (χ2n) is 2.04. The summed E-state index contributed by atoms with van der Waals surface area (Å²) in [7, 11) is 1.35. The fourth-order valence-electron chi connectivity index (χ4n) is 0.750. The van der Waals surface area contributed by atoms with Gasteiger partial charge in [0.25, 0.3) is 0 Å². The molecule has 5 heteroatoms. The summed E-state index contributed by atoms with van der Waals surface area (Å²) in [4.78, 5) is 0. The molecule has 0 spiro atoms. The van der Waals surface area contributed by atoms with Crippen LogP contribution in [-0.4, -0.2) is 12.2 Å². The number of ether oxygens (including phenoxy) is 1. The molecular weight excluding hydrogens is 295 g/mol. The Hall–Kier alpha value is -0.290. The van der Waals surface area contributed by atoms with Gasteiger partial charge in [-0.3, -0.25) is 0 Å². The first-order chi connectivity index (χ1) is 5.57. The van der Waals surface area contributed by atoms with E-state index in [1.54, 1.807) is 0 Å². The maximum atomic E-state index is 12.8. The summed E-state index contributed by atoms with van der Waals surface area (Å²) < 4.78 is 18.6. The molecule has 0 unspecified atom stereocenters. The van der Waals surface area contributed by atoms with Gasteiger partial charge in [0, 0.05) is 4.47 Å². The molecule has 66 valence electrons. The highest BCUT2D eigenvalue weighted by Gasteiger charge is 2.14. The number of rotatable bonds is 1. The molecule has 0 atom stereocenters. The Balaban J connectivity index is 3.42. The van der Waals surface area contributed by atoms with Crippen molar-refractivity contribution in [1.29, 1.82) is 0 Å². The van der Waals surface area contributed by atoms with Crippen molar-refractivity contribution in [1.82, 2.24) is 0 Å². The first kappa shape index (κ1) is 9.80. The van der Waals surface area contributed by atoms with Crippen LogP contribution in [0.2, 0.25) is 0 Å². The molecule has 0 amide bonds. The normalized spacial score (nSPS) is 10.0. The first-order valence-electron chi connectivity index (χ1n) is 2.98. The predicted octanol–water partition coefficient (Wildman–Crippen LogP) is 3.06.